The minimum Gasteiger partial charge on any atom is -0.399 e. The van der Waals surface area contributed by atoms with Gasteiger partial charge in [0.2, 0.25) is 0 Å². The summed E-state index contributed by atoms with van der Waals surface area (Å²) in [4.78, 5) is 2.34. The van der Waals surface area contributed by atoms with Crippen LogP contribution in [-0.4, -0.2) is 10.9 Å². The fourth-order valence-electron chi connectivity index (χ4n) is 2.34. The first-order chi connectivity index (χ1) is 9.78. The summed E-state index contributed by atoms with van der Waals surface area (Å²) in [5.41, 5.74) is 8.96. The van der Waals surface area contributed by atoms with Gasteiger partial charge in [0, 0.05) is 24.2 Å². The van der Waals surface area contributed by atoms with E-state index in [1.54, 1.807) is 11.5 Å². The minimum absolute atomic E-state index is 0.813. The van der Waals surface area contributed by atoms with Crippen LogP contribution < -0.4 is 10.6 Å². The van der Waals surface area contributed by atoms with Gasteiger partial charge in [0.1, 0.15) is 5.00 Å². The Morgan fingerprint density at radius 2 is 2.00 bits per heavy atom. The highest BCUT2D eigenvalue weighted by Crippen LogP contribution is 2.32. The van der Waals surface area contributed by atoms with Crippen LogP contribution in [0.1, 0.15) is 12.5 Å². The normalized spacial score (nSPS) is 10.8. The highest BCUT2D eigenvalue weighted by molar-refractivity contribution is 7.11. The van der Waals surface area contributed by atoms with Gasteiger partial charge >= 0.3 is 0 Å². The summed E-state index contributed by atoms with van der Waals surface area (Å²) in [5.74, 6) is 0. The monoisotopic (exact) mass is 283 g/mol. The highest BCUT2D eigenvalue weighted by atomic mass is 32.1. The predicted molar refractivity (Wildman–Crippen MR) is 87.2 cm³/mol. The van der Waals surface area contributed by atoms with Crippen LogP contribution in [0.4, 0.5) is 10.7 Å². The molecule has 20 heavy (non-hydrogen) atoms. The van der Waals surface area contributed by atoms with Gasteiger partial charge in [-0.2, -0.15) is 4.37 Å². The molecule has 4 heteroatoms. The maximum atomic E-state index is 5.86. The van der Waals surface area contributed by atoms with Crippen molar-refractivity contribution in [3.63, 3.8) is 0 Å². The second kappa shape index (κ2) is 5.51. The summed E-state index contributed by atoms with van der Waals surface area (Å²) in [6.45, 7) is 3.97. The number of aromatic nitrogens is 1. The fourth-order valence-corrected chi connectivity index (χ4v) is 3.27. The van der Waals surface area contributed by atoms with E-state index in [0.29, 0.717) is 0 Å². The first kappa shape index (κ1) is 12.9. The summed E-state index contributed by atoms with van der Waals surface area (Å²) >= 11 is 1.56. The third kappa shape index (κ3) is 2.47. The van der Waals surface area contributed by atoms with Crippen LogP contribution in [0.3, 0.4) is 0 Å². The van der Waals surface area contributed by atoms with E-state index in [9.17, 15) is 0 Å². The fraction of sp³-hybridized carbons (Fsp3) is 0.188. The van der Waals surface area contributed by atoms with Crippen molar-refractivity contribution >= 4 is 33.1 Å². The van der Waals surface area contributed by atoms with Crippen molar-refractivity contribution in [1.82, 2.24) is 4.37 Å². The molecule has 0 aliphatic heterocycles. The lowest BCUT2D eigenvalue weighted by Crippen LogP contribution is -2.21. The van der Waals surface area contributed by atoms with Gasteiger partial charge in [-0.15, -0.1) is 0 Å². The lowest BCUT2D eigenvalue weighted by Gasteiger charge is -2.21. The second-order valence-electron chi connectivity index (χ2n) is 4.76. The molecule has 3 rings (SSSR count). The second-order valence-corrected chi connectivity index (χ2v) is 5.52. The van der Waals surface area contributed by atoms with Crippen LogP contribution in [0.5, 0.6) is 0 Å². The van der Waals surface area contributed by atoms with Crippen molar-refractivity contribution in [3.8, 4) is 0 Å². The quantitative estimate of drug-likeness (QED) is 0.738. The topological polar surface area (TPSA) is 42.1 Å². The van der Waals surface area contributed by atoms with E-state index in [-0.39, 0.29) is 0 Å². The molecule has 0 fully saturated rings. The molecule has 0 aliphatic carbocycles. The van der Waals surface area contributed by atoms with Crippen molar-refractivity contribution in [1.29, 1.82) is 0 Å². The Morgan fingerprint density at radius 1 is 1.15 bits per heavy atom. The molecule has 0 unspecified atom stereocenters. The van der Waals surface area contributed by atoms with Crippen molar-refractivity contribution in [2.45, 2.75) is 13.5 Å². The predicted octanol–water partition coefficient (Wildman–Crippen LogP) is 3.91. The number of anilines is 2. The molecule has 1 aromatic heterocycles. The van der Waals surface area contributed by atoms with Gasteiger partial charge in [0.15, 0.2) is 0 Å². The molecule has 0 radical (unpaired) electrons. The molecule has 0 aliphatic rings. The van der Waals surface area contributed by atoms with Crippen molar-refractivity contribution < 1.29 is 0 Å². The zero-order chi connectivity index (χ0) is 13.9. The van der Waals surface area contributed by atoms with E-state index in [2.05, 4.69) is 40.5 Å². The minimum atomic E-state index is 0.813. The zero-order valence-electron chi connectivity index (χ0n) is 11.4. The standard InChI is InChI=1S/C16H17N3S/c1-2-19(11-12-6-5-7-13(17)10-12)16-14-8-3-4-9-15(14)18-20-16/h3-10H,2,11,17H2,1H3. The van der Waals surface area contributed by atoms with Crippen LogP contribution in [0.2, 0.25) is 0 Å². The maximum Gasteiger partial charge on any atom is 0.120 e. The molecule has 0 saturated carbocycles. The summed E-state index contributed by atoms with van der Waals surface area (Å²) in [6, 6.07) is 16.4. The van der Waals surface area contributed by atoms with E-state index >= 15 is 0 Å². The first-order valence-corrected chi connectivity index (χ1v) is 7.49. The van der Waals surface area contributed by atoms with Crippen LogP contribution >= 0.6 is 11.5 Å². The number of benzene rings is 2. The third-order valence-electron chi connectivity index (χ3n) is 3.36. The lowest BCUT2D eigenvalue weighted by molar-refractivity contribution is 0.844. The largest absolute Gasteiger partial charge is 0.399 e. The van der Waals surface area contributed by atoms with E-state index < -0.39 is 0 Å². The number of fused-ring (bicyclic) bond motifs is 1. The number of hydrogen-bond donors (Lipinski definition) is 1. The number of rotatable bonds is 4. The Labute approximate surface area is 122 Å². The van der Waals surface area contributed by atoms with E-state index in [0.717, 1.165) is 24.3 Å². The maximum absolute atomic E-state index is 5.86. The Bertz CT molecular complexity index is 720. The average Bonchev–Trinajstić information content (AvgIpc) is 2.89. The van der Waals surface area contributed by atoms with Crippen molar-refractivity contribution in [3.05, 3.63) is 54.1 Å². The third-order valence-corrected chi connectivity index (χ3v) is 4.30. The molecule has 2 aromatic carbocycles. The molecule has 1 heterocycles. The Balaban J connectivity index is 1.93. The van der Waals surface area contributed by atoms with Gasteiger partial charge in [-0.1, -0.05) is 24.3 Å². The van der Waals surface area contributed by atoms with Gasteiger partial charge in [-0.05, 0) is 48.3 Å². The molecule has 3 aromatic rings. The van der Waals surface area contributed by atoms with Gasteiger partial charge < -0.3 is 10.6 Å². The zero-order valence-corrected chi connectivity index (χ0v) is 12.2. The molecule has 102 valence electrons. The molecule has 2 N–H and O–H groups in total. The highest BCUT2D eigenvalue weighted by Gasteiger charge is 2.12. The van der Waals surface area contributed by atoms with E-state index in [1.807, 2.05) is 24.3 Å². The Kier molecular flexibility index (Phi) is 3.56. The number of hydrogen-bond acceptors (Lipinski definition) is 4. The lowest BCUT2D eigenvalue weighted by atomic mass is 10.2. The first-order valence-electron chi connectivity index (χ1n) is 6.71. The van der Waals surface area contributed by atoms with Gasteiger partial charge in [-0.25, -0.2) is 0 Å². The van der Waals surface area contributed by atoms with Gasteiger partial charge in [0.05, 0.1) is 5.52 Å². The number of nitrogens with two attached hydrogens (primary N) is 1. The molecular formula is C16H17N3S. The van der Waals surface area contributed by atoms with Gasteiger partial charge in [-0.3, -0.25) is 0 Å². The molecule has 0 spiro atoms. The molecule has 3 nitrogen and oxygen atoms in total. The van der Waals surface area contributed by atoms with Crippen molar-refractivity contribution in [2.75, 3.05) is 17.2 Å². The summed E-state index contributed by atoms with van der Waals surface area (Å²) in [7, 11) is 0. The molecule has 0 atom stereocenters. The summed E-state index contributed by atoms with van der Waals surface area (Å²) < 4.78 is 4.52. The summed E-state index contributed by atoms with van der Waals surface area (Å²) in [5, 5.41) is 2.45. The van der Waals surface area contributed by atoms with Crippen LogP contribution in [0.15, 0.2) is 48.5 Å². The Morgan fingerprint density at radius 3 is 2.80 bits per heavy atom. The number of nitrogen functional groups attached to an aromatic ring is 1. The van der Waals surface area contributed by atoms with Crippen LogP contribution in [0.25, 0.3) is 10.9 Å². The molecular weight excluding hydrogens is 266 g/mol. The Hall–Kier alpha value is -2.07. The van der Waals surface area contributed by atoms with Crippen LogP contribution in [0, 0.1) is 0 Å². The molecule has 0 amide bonds. The smallest absolute Gasteiger partial charge is 0.120 e. The SMILES string of the molecule is CCN(Cc1cccc(N)c1)c1snc2ccccc12. The molecule has 0 saturated heterocycles. The van der Waals surface area contributed by atoms with Crippen molar-refractivity contribution in [2.24, 2.45) is 0 Å². The van der Waals surface area contributed by atoms with Gasteiger partial charge in [0.25, 0.3) is 0 Å². The summed E-state index contributed by atoms with van der Waals surface area (Å²) in [6.07, 6.45) is 0. The van der Waals surface area contributed by atoms with E-state index in [4.69, 9.17) is 5.73 Å². The van der Waals surface area contributed by atoms with Crippen LogP contribution in [-0.2, 0) is 6.54 Å². The average molecular weight is 283 g/mol. The molecule has 0 bridgehead atoms. The number of nitrogens with zero attached hydrogens (tertiary/aromatic N) is 2. The van der Waals surface area contributed by atoms with E-state index in [1.165, 1.54) is 16.0 Å².